The minimum atomic E-state index is -1.12. The van der Waals surface area contributed by atoms with E-state index in [0.29, 0.717) is 17.1 Å². The Morgan fingerprint density at radius 1 is 1.18 bits per heavy atom. The van der Waals surface area contributed by atoms with E-state index in [1.54, 1.807) is 30.5 Å². The van der Waals surface area contributed by atoms with Crippen molar-refractivity contribution in [3.05, 3.63) is 65.2 Å². The molecule has 0 fully saturated rings. The lowest BCUT2D eigenvalue weighted by Gasteiger charge is -2.16. The third kappa shape index (κ3) is 4.59. The van der Waals surface area contributed by atoms with Crippen LogP contribution in [0.2, 0.25) is 0 Å². The molecule has 1 atom stereocenters. The van der Waals surface area contributed by atoms with Gasteiger partial charge in [0.1, 0.15) is 5.69 Å². The fraction of sp³-hybridized carbons (Fsp3) is 0.250. The van der Waals surface area contributed by atoms with E-state index in [1.165, 1.54) is 0 Å². The zero-order chi connectivity index (χ0) is 20.1. The van der Waals surface area contributed by atoms with Crippen LogP contribution in [0, 0.1) is 13.8 Å². The number of aliphatic carboxylic acids is 1. The predicted molar refractivity (Wildman–Crippen MR) is 100 cm³/mol. The fourth-order valence-corrected chi connectivity index (χ4v) is 2.64. The topological polar surface area (TPSA) is 118 Å². The third-order valence-corrected chi connectivity index (χ3v) is 4.34. The Morgan fingerprint density at radius 3 is 2.68 bits per heavy atom. The van der Waals surface area contributed by atoms with Gasteiger partial charge in [-0.1, -0.05) is 29.4 Å². The maximum Gasteiger partial charge on any atom is 0.330 e. The minimum absolute atomic E-state index is 0.0263. The highest BCUT2D eigenvalue weighted by molar-refractivity contribution is 5.84. The largest absolute Gasteiger partial charge is 0.479 e. The summed E-state index contributed by atoms with van der Waals surface area (Å²) < 4.78 is 5.14. The Labute approximate surface area is 161 Å². The highest BCUT2D eigenvalue weighted by atomic mass is 16.5. The van der Waals surface area contributed by atoms with E-state index in [9.17, 15) is 14.7 Å². The van der Waals surface area contributed by atoms with Crippen molar-refractivity contribution in [3.8, 4) is 11.5 Å². The van der Waals surface area contributed by atoms with Crippen LogP contribution in [0.5, 0.6) is 0 Å². The monoisotopic (exact) mass is 380 g/mol. The molecular weight excluding hydrogens is 360 g/mol. The lowest BCUT2D eigenvalue weighted by Crippen LogP contribution is -2.34. The Kier molecular flexibility index (Phi) is 5.78. The molecule has 2 N–H and O–H groups in total. The summed E-state index contributed by atoms with van der Waals surface area (Å²) in [7, 11) is 0. The van der Waals surface area contributed by atoms with Gasteiger partial charge in [-0.05, 0) is 42.7 Å². The zero-order valence-electron chi connectivity index (χ0n) is 15.5. The molecule has 0 aliphatic heterocycles. The van der Waals surface area contributed by atoms with Crippen molar-refractivity contribution in [2.45, 2.75) is 32.7 Å². The summed E-state index contributed by atoms with van der Waals surface area (Å²) in [6.45, 7) is 3.84. The molecule has 3 rings (SSSR count). The number of nitrogens with one attached hydrogen (secondary N) is 1. The zero-order valence-corrected chi connectivity index (χ0v) is 15.5. The Balaban J connectivity index is 1.62. The molecule has 0 aliphatic carbocycles. The number of hydrogen-bond acceptors (Lipinski definition) is 6. The molecule has 8 nitrogen and oxygen atoms in total. The first-order valence-corrected chi connectivity index (χ1v) is 8.77. The summed E-state index contributed by atoms with van der Waals surface area (Å²) in [6, 6.07) is 9.54. The van der Waals surface area contributed by atoms with Crippen molar-refractivity contribution in [3.63, 3.8) is 0 Å². The summed E-state index contributed by atoms with van der Waals surface area (Å²) >= 11 is 0. The Bertz CT molecular complexity index is 985. The summed E-state index contributed by atoms with van der Waals surface area (Å²) in [6.07, 6.45) is 1.85. The van der Waals surface area contributed by atoms with Crippen LogP contribution in [0.15, 0.2) is 47.1 Å². The molecule has 0 bridgehead atoms. The van der Waals surface area contributed by atoms with Crippen molar-refractivity contribution >= 4 is 11.9 Å². The number of amides is 1. The molecular formula is C20H20N4O4. The van der Waals surface area contributed by atoms with Crippen molar-refractivity contribution in [2.75, 3.05) is 0 Å². The number of hydrogen-bond donors (Lipinski definition) is 2. The van der Waals surface area contributed by atoms with Crippen molar-refractivity contribution in [1.29, 1.82) is 0 Å². The molecule has 28 heavy (non-hydrogen) atoms. The van der Waals surface area contributed by atoms with Crippen LogP contribution in [0.1, 0.15) is 35.0 Å². The first-order valence-electron chi connectivity index (χ1n) is 8.77. The molecule has 3 aromatic rings. The van der Waals surface area contributed by atoms with Gasteiger partial charge in [-0.3, -0.25) is 9.78 Å². The second-order valence-corrected chi connectivity index (χ2v) is 6.41. The number of carbonyl (C=O) groups excluding carboxylic acids is 1. The molecule has 1 aromatic carbocycles. The van der Waals surface area contributed by atoms with E-state index in [0.717, 1.165) is 11.1 Å². The molecule has 1 unspecified atom stereocenters. The third-order valence-electron chi connectivity index (χ3n) is 4.34. The summed E-state index contributed by atoms with van der Waals surface area (Å²) in [5.41, 5.74) is 3.12. The number of carboxylic acids is 1. The molecule has 8 heteroatoms. The van der Waals surface area contributed by atoms with Gasteiger partial charge < -0.3 is 14.9 Å². The average molecular weight is 380 g/mol. The minimum Gasteiger partial charge on any atom is -0.479 e. The second kappa shape index (κ2) is 8.43. The maximum absolute atomic E-state index is 12.3. The number of benzene rings is 1. The highest BCUT2D eigenvalue weighted by Crippen LogP contribution is 2.18. The highest BCUT2D eigenvalue weighted by Gasteiger charge is 2.22. The van der Waals surface area contributed by atoms with Crippen LogP contribution in [0.4, 0.5) is 0 Å². The summed E-state index contributed by atoms with van der Waals surface area (Å²) in [5, 5.41) is 15.9. The quantitative estimate of drug-likeness (QED) is 0.647. The van der Waals surface area contributed by atoms with Gasteiger partial charge in [0.25, 0.3) is 0 Å². The van der Waals surface area contributed by atoms with Gasteiger partial charge in [0.15, 0.2) is 6.04 Å². The van der Waals surface area contributed by atoms with Gasteiger partial charge in [0.2, 0.25) is 17.6 Å². The number of rotatable bonds is 7. The van der Waals surface area contributed by atoms with E-state index in [4.69, 9.17) is 4.52 Å². The van der Waals surface area contributed by atoms with Crippen molar-refractivity contribution in [2.24, 2.45) is 0 Å². The van der Waals surface area contributed by atoms with Crippen LogP contribution >= 0.6 is 0 Å². The Morgan fingerprint density at radius 2 is 2.00 bits per heavy atom. The van der Waals surface area contributed by atoms with Crippen molar-refractivity contribution < 1.29 is 19.2 Å². The first kappa shape index (κ1) is 19.2. The number of aromatic nitrogens is 3. The molecule has 144 valence electrons. The van der Waals surface area contributed by atoms with Crippen LogP contribution < -0.4 is 5.32 Å². The predicted octanol–water partition coefficient (Wildman–Crippen LogP) is 2.62. The number of carbonyl (C=O) groups is 2. The van der Waals surface area contributed by atoms with E-state index in [-0.39, 0.29) is 18.7 Å². The molecule has 0 saturated heterocycles. The molecule has 0 saturated carbocycles. The number of nitrogens with zero attached hydrogens (tertiary/aromatic N) is 3. The lowest BCUT2D eigenvalue weighted by atomic mass is 10.0. The molecule has 0 radical (unpaired) electrons. The maximum atomic E-state index is 12.3. The molecule has 2 aromatic heterocycles. The van der Waals surface area contributed by atoms with E-state index < -0.39 is 17.9 Å². The number of pyridine rings is 1. The molecule has 0 aliphatic rings. The number of carboxylic acid groups (broad SMARTS) is 1. The second-order valence-electron chi connectivity index (χ2n) is 6.41. The van der Waals surface area contributed by atoms with E-state index in [2.05, 4.69) is 20.4 Å². The summed E-state index contributed by atoms with van der Waals surface area (Å²) in [5.74, 6) is -0.904. The van der Waals surface area contributed by atoms with Gasteiger partial charge in [0, 0.05) is 19.0 Å². The van der Waals surface area contributed by atoms with Crippen LogP contribution in [0.3, 0.4) is 0 Å². The van der Waals surface area contributed by atoms with Crippen LogP contribution in [-0.4, -0.2) is 32.1 Å². The van der Waals surface area contributed by atoms with Crippen molar-refractivity contribution in [1.82, 2.24) is 20.4 Å². The van der Waals surface area contributed by atoms with Gasteiger partial charge >= 0.3 is 5.97 Å². The average Bonchev–Trinajstić information content (AvgIpc) is 3.16. The molecule has 1 amide bonds. The normalized spacial score (nSPS) is 11.8. The van der Waals surface area contributed by atoms with Gasteiger partial charge in [-0.25, -0.2) is 4.79 Å². The van der Waals surface area contributed by atoms with E-state index in [1.807, 2.05) is 26.0 Å². The lowest BCUT2D eigenvalue weighted by molar-refractivity contribution is -0.142. The molecule has 0 spiro atoms. The van der Waals surface area contributed by atoms with Gasteiger partial charge in [-0.15, -0.1) is 0 Å². The standard InChI is InChI=1S/C20H20N4O4/c1-12-6-7-14(11-13(12)2)18(20(26)27)22-16(25)8-9-17-23-19(24-28-17)15-5-3-4-10-21-15/h3-7,10-11,18H,8-9H2,1-2H3,(H,22,25)(H,26,27). The Hall–Kier alpha value is -3.55. The molecule has 2 heterocycles. The van der Waals surface area contributed by atoms with Gasteiger partial charge in [0.05, 0.1) is 0 Å². The van der Waals surface area contributed by atoms with E-state index >= 15 is 0 Å². The summed E-state index contributed by atoms with van der Waals surface area (Å²) in [4.78, 5) is 32.2. The van der Waals surface area contributed by atoms with Gasteiger partial charge in [-0.2, -0.15) is 4.98 Å². The van der Waals surface area contributed by atoms with Crippen LogP contribution in [0.25, 0.3) is 11.5 Å². The number of aryl methyl sites for hydroxylation is 3. The smallest absolute Gasteiger partial charge is 0.330 e. The SMILES string of the molecule is Cc1ccc(C(NC(=O)CCc2nc(-c3ccccn3)no2)C(=O)O)cc1C. The van der Waals surface area contributed by atoms with Crippen LogP contribution in [-0.2, 0) is 16.0 Å². The first-order chi connectivity index (χ1) is 13.4. The fourth-order valence-electron chi connectivity index (χ4n) is 2.64.